The Labute approximate surface area is 141 Å². The summed E-state index contributed by atoms with van der Waals surface area (Å²) in [5.74, 6) is -0.00235. The minimum absolute atomic E-state index is 0.00235. The van der Waals surface area contributed by atoms with E-state index in [0.717, 1.165) is 11.3 Å². The molecule has 0 fully saturated rings. The molecule has 0 radical (unpaired) electrons. The fourth-order valence-corrected chi connectivity index (χ4v) is 2.95. The normalized spacial score (nSPS) is 13.5. The van der Waals surface area contributed by atoms with Crippen LogP contribution in [0.15, 0.2) is 42.7 Å². The van der Waals surface area contributed by atoms with E-state index >= 15 is 0 Å². The number of para-hydroxylation sites is 1. The quantitative estimate of drug-likeness (QED) is 0.776. The van der Waals surface area contributed by atoms with Crippen LogP contribution in [0.1, 0.15) is 18.9 Å². The Morgan fingerprint density at radius 2 is 2.13 bits per heavy atom. The fraction of sp³-hybridized carbons (Fsp3) is 0.412. The van der Waals surface area contributed by atoms with Crippen molar-refractivity contribution in [3.8, 4) is 5.69 Å². The van der Waals surface area contributed by atoms with E-state index in [9.17, 15) is 9.90 Å². The molecule has 124 valence electrons. The van der Waals surface area contributed by atoms with Gasteiger partial charge >= 0.3 is 0 Å². The van der Waals surface area contributed by atoms with Gasteiger partial charge in [-0.05, 0) is 37.3 Å². The van der Waals surface area contributed by atoms with Gasteiger partial charge < -0.3 is 10.4 Å². The molecule has 0 aliphatic heterocycles. The Bertz CT molecular complexity index is 611. The van der Waals surface area contributed by atoms with Crippen LogP contribution in [0.4, 0.5) is 0 Å². The van der Waals surface area contributed by atoms with E-state index in [4.69, 9.17) is 0 Å². The number of carbonyl (C=O) groups excluding carboxylic acids is 1. The lowest BCUT2D eigenvalue weighted by atomic mass is 10.1. The van der Waals surface area contributed by atoms with Gasteiger partial charge in [0.1, 0.15) is 0 Å². The van der Waals surface area contributed by atoms with Crippen LogP contribution < -0.4 is 5.32 Å². The Kier molecular flexibility index (Phi) is 6.67. The minimum Gasteiger partial charge on any atom is -0.395 e. The van der Waals surface area contributed by atoms with Crippen LogP contribution in [0, 0.1) is 0 Å². The molecule has 5 nitrogen and oxygen atoms in total. The van der Waals surface area contributed by atoms with Crippen LogP contribution in [-0.2, 0) is 11.2 Å². The van der Waals surface area contributed by atoms with Crippen molar-refractivity contribution in [3.63, 3.8) is 0 Å². The smallest absolute Gasteiger partial charge is 0.220 e. The highest BCUT2D eigenvalue weighted by molar-refractivity contribution is 7.99. The number of benzene rings is 1. The van der Waals surface area contributed by atoms with Crippen molar-refractivity contribution in [2.75, 3.05) is 12.9 Å². The number of rotatable bonds is 8. The van der Waals surface area contributed by atoms with Gasteiger partial charge in [0.2, 0.25) is 5.91 Å². The van der Waals surface area contributed by atoms with Crippen LogP contribution in [0.2, 0.25) is 0 Å². The SMILES string of the molecule is CSC(CO)C(C)NC(=O)CCc1cnn(-c2ccccc2)c1. The van der Waals surface area contributed by atoms with Gasteiger partial charge in [-0.2, -0.15) is 16.9 Å². The molecule has 2 aromatic rings. The standard InChI is InChI=1S/C17H23N3O2S/c1-13(16(12-21)23-2)19-17(22)9-8-14-10-18-20(11-14)15-6-4-3-5-7-15/h3-7,10-11,13,16,21H,8-9,12H2,1-2H3,(H,19,22). The predicted molar refractivity (Wildman–Crippen MR) is 93.9 cm³/mol. The lowest BCUT2D eigenvalue weighted by Gasteiger charge is -2.21. The lowest BCUT2D eigenvalue weighted by Crippen LogP contribution is -2.41. The summed E-state index contributed by atoms with van der Waals surface area (Å²) in [5.41, 5.74) is 2.03. The maximum atomic E-state index is 12.0. The summed E-state index contributed by atoms with van der Waals surface area (Å²) in [6, 6.07) is 9.83. The second-order valence-corrected chi connectivity index (χ2v) is 6.52. The molecular weight excluding hydrogens is 310 g/mol. The van der Waals surface area contributed by atoms with Crippen molar-refractivity contribution in [2.45, 2.75) is 31.1 Å². The molecule has 1 aromatic carbocycles. The molecular formula is C17H23N3O2S. The first kappa shape index (κ1) is 17.6. The van der Waals surface area contributed by atoms with Crippen LogP contribution in [-0.4, -0.2) is 44.9 Å². The van der Waals surface area contributed by atoms with Gasteiger partial charge in [-0.25, -0.2) is 4.68 Å². The van der Waals surface area contributed by atoms with Gasteiger partial charge in [-0.15, -0.1) is 0 Å². The van der Waals surface area contributed by atoms with E-state index in [1.807, 2.05) is 54.4 Å². The van der Waals surface area contributed by atoms with E-state index in [2.05, 4.69) is 10.4 Å². The van der Waals surface area contributed by atoms with Crippen LogP contribution in [0.3, 0.4) is 0 Å². The monoisotopic (exact) mass is 333 g/mol. The van der Waals surface area contributed by atoms with Gasteiger partial charge in [0, 0.05) is 23.9 Å². The average Bonchev–Trinajstić information content (AvgIpc) is 3.04. The number of carbonyl (C=O) groups is 1. The number of hydrogen-bond acceptors (Lipinski definition) is 4. The van der Waals surface area contributed by atoms with E-state index in [-0.39, 0.29) is 23.8 Å². The summed E-state index contributed by atoms with van der Waals surface area (Å²) in [7, 11) is 0. The lowest BCUT2D eigenvalue weighted by molar-refractivity contribution is -0.121. The number of amides is 1. The Hall–Kier alpha value is -1.79. The number of nitrogens with zero attached hydrogens (tertiary/aromatic N) is 2. The molecule has 23 heavy (non-hydrogen) atoms. The molecule has 6 heteroatoms. The number of aliphatic hydroxyl groups is 1. The second kappa shape index (κ2) is 8.74. The van der Waals surface area contributed by atoms with Gasteiger partial charge in [0.25, 0.3) is 0 Å². The molecule has 0 spiro atoms. The summed E-state index contributed by atoms with van der Waals surface area (Å²) in [4.78, 5) is 12.0. The molecule has 1 heterocycles. The van der Waals surface area contributed by atoms with Crippen LogP contribution in [0.25, 0.3) is 5.69 Å². The zero-order chi connectivity index (χ0) is 16.7. The molecule has 0 aliphatic carbocycles. The van der Waals surface area contributed by atoms with Gasteiger partial charge in [0.15, 0.2) is 0 Å². The summed E-state index contributed by atoms with van der Waals surface area (Å²) in [6.45, 7) is 1.98. The van der Waals surface area contributed by atoms with Crippen molar-refractivity contribution < 1.29 is 9.90 Å². The molecule has 1 amide bonds. The molecule has 0 aliphatic rings. The molecule has 0 bridgehead atoms. The van der Waals surface area contributed by atoms with Crippen molar-refractivity contribution in [2.24, 2.45) is 0 Å². The molecule has 2 rings (SSSR count). The Morgan fingerprint density at radius 1 is 1.39 bits per heavy atom. The highest BCUT2D eigenvalue weighted by Gasteiger charge is 2.17. The first-order chi connectivity index (χ1) is 11.1. The second-order valence-electron chi connectivity index (χ2n) is 5.44. The topological polar surface area (TPSA) is 67.2 Å². The van der Waals surface area contributed by atoms with Gasteiger partial charge in [-0.1, -0.05) is 18.2 Å². The maximum Gasteiger partial charge on any atom is 0.220 e. The van der Waals surface area contributed by atoms with E-state index in [1.54, 1.807) is 18.0 Å². The number of aliphatic hydroxyl groups excluding tert-OH is 1. The molecule has 0 saturated carbocycles. The third-order valence-electron chi connectivity index (χ3n) is 3.73. The summed E-state index contributed by atoms with van der Waals surface area (Å²) >= 11 is 1.56. The summed E-state index contributed by atoms with van der Waals surface area (Å²) < 4.78 is 1.81. The molecule has 0 saturated heterocycles. The van der Waals surface area contributed by atoms with Crippen LogP contribution in [0.5, 0.6) is 0 Å². The predicted octanol–water partition coefficient (Wildman–Crippen LogP) is 2.03. The summed E-state index contributed by atoms with van der Waals surface area (Å²) in [6.07, 6.45) is 6.74. The van der Waals surface area contributed by atoms with Gasteiger partial charge in [-0.3, -0.25) is 4.79 Å². The molecule has 1 aromatic heterocycles. The number of aryl methyl sites for hydroxylation is 1. The molecule has 2 atom stereocenters. The molecule has 2 N–H and O–H groups in total. The number of thioether (sulfide) groups is 1. The zero-order valence-corrected chi connectivity index (χ0v) is 14.3. The third-order valence-corrected chi connectivity index (χ3v) is 4.89. The first-order valence-electron chi connectivity index (χ1n) is 7.66. The van der Waals surface area contributed by atoms with E-state index in [0.29, 0.717) is 12.8 Å². The van der Waals surface area contributed by atoms with E-state index < -0.39 is 0 Å². The van der Waals surface area contributed by atoms with Gasteiger partial charge in [0.05, 0.1) is 18.5 Å². The van der Waals surface area contributed by atoms with Crippen molar-refractivity contribution in [1.29, 1.82) is 0 Å². The van der Waals surface area contributed by atoms with Crippen LogP contribution >= 0.6 is 11.8 Å². The largest absolute Gasteiger partial charge is 0.395 e. The Balaban J connectivity index is 1.84. The highest BCUT2D eigenvalue weighted by Crippen LogP contribution is 2.11. The minimum atomic E-state index is -0.0467. The zero-order valence-electron chi connectivity index (χ0n) is 13.5. The fourth-order valence-electron chi connectivity index (χ4n) is 2.32. The average molecular weight is 333 g/mol. The van der Waals surface area contributed by atoms with Crippen molar-refractivity contribution >= 4 is 17.7 Å². The first-order valence-corrected chi connectivity index (χ1v) is 8.94. The Morgan fingerprint density at radius 3 is 2.78 bits per heavy atom. The number of aromatic nitrogens is 2. The highest BCUT2D eigenvalue weighted by atomic mass is 32.2. The number of hydrogen-bond donors (Lipinski definition) is 2. The van der Waals surface area contributed by atoms with E-state index in [1.165, 1.54) is 0 Å². The maximum absolute atomic E-state index is 12.0. The number of nitrogens with one attached hydrogen (secondary N) is 1. The van der Waals surface area contributed by atoms with Crippen molar-refractivity contribution in [3.05, 3.63) is 48.3 Å². The third kappa shape index (κ3) is 5.11. The van der Waals surface area contributed by atoms with Crippen molar-refractivity contribution in [1.82, 2.24) is 15.1 Å². The summed E-state index contributed by atoms with van der Waals surface area (Å²) in [5, 5.41) is 16.5. The molecule has 2 unspecified atom stereocenters.